The Morgan fingerprint density at radius 3 is 3.00 bits per heavy atom. The third-order valence-corrected chi connectivity index (χ3v) is 1.43. The lowest BCUT2D eigenvalue weighted by atomic mass is 10.2. The standard InChI is InChI=1S/C9H9NO2/c1-7-3-2-6-10-8(7)4-5-9(11)12/h2-6H,1H3,(H,11,12). The van der Waals surface area contributed by atoms with Gasteiger partial charge in [-0.25, -0.2) is 4.79 Å². The molecular formula is C9H9NO2. The van der Waals surface area contributed by atoms with E-state index in [1.165, 1.54) is 6.08 Å². The molecule has 12 heavy (non-hydrogen) atoms. The molecule has 62 valence electrons. The molecule has 1 N–H and O–H groups in total. The number of carbonyl (C=O) groups is 1. The molecule has 0 radical (unpaired) electrons. The Kier molecular flexibility index (Phi) is 2.58. The van der Waals surface area contributed by atoms with Crippen LogP contribution in [0.25, 0.3) is 6.08 Å². The SMILES string of the molecule is Cc1cccnc1C=CC(=O)O. The molecule has 1 rings (SSSR count). The Balaban J connectivity index is 2.89. The van der Waals surface area contributed by atoms with Crippen molar-refractivity contribution in [2.24, 2.45) is 0 Å². The molecule has 0 spiro atoms. The first-order valence-electron chi connectivity index (χ1n) is 3.53. The minimum absolute atomic E-state index is 0.694. The number of pyridine rings is 1. The summed E-state index contributed by atoms with van der Waals surface area (Å²) in [4.78, 5) is 14.2. The fourth-order valence-electron chi connectivity index (χ4n) is 0.823. The van der Waals surface area contributed by atoms with Crippen molar-refractivity contribution in [3.63, 3.8) is 0 Å². The molecule has 0 amide bonds. The van der Waals surface area contributed by atoms with E-state index in [0.29, 0.717) is 5.69 Å². The molecule has 1 aromatic heterocycles. The predicted octanol–water partition coefficient (Wildman–Crippen LogP) is 1.49. The van der Waals surface area contributed by atoms with Crippen LogP contribution in [-0.4, -0.2) is 16.1 Å². The van der Waals surface area contributed by atoms with Crippen molar-refractivity contribution < 1.29 is 9.90 Å². The van der Waals surface area contributed by atoms with E-state index in [1.54, 1.807) is 6.20 Å². The second kappa shape index (κ2) is 3.67. The van der Waals surface area contributed by atoms with Gasteiger partial charge in [0.15, 0.2) is 0 Å². The van der Waals surface area contributed by atoms with Gasteiger partial charge in [0, 0.05) is 12.3 Å². The summed E-state index contributed by atoms with van der Waals surface area (Å²) in [6.45, 7) is 1.88. The Morgan fingerprint density at radius 2 is 2.42 bits per heavy atom. The van der Waals surface area contributed by atoms with E-state index >= 15 is 0 Å². The van der Waals surface area contributed by atoms with Crippen molar-refractivity contribution >= 4 is 12.0 Å². The van der Waals surface area contributed by atoms with Crippen LogP contribution < -0.4 is 0 Å². The largest absolute Gasteiger partial charge is 0.478 e. The van der Waals surface area contributed by atoms with E-state index in [9.17, 15) is 4.79 Å². The molecule has 1 heterocycles. The van der Waals surface area contributed by atoms with Gasteiger partial charge in [-0.15, -0.1) is 0 Å². The molecule has 3 nitrogen and oxygen atoms in total. The van der Waals surface area contributed by atoms with Crippen molar-refractivity contribution in [1.82, 2.24) is 4.98 Å². The molecule has 0 aliphatic heterocycles. The van der Waals surface area contributed by atoms with E-state index in [2.05, 4.69) is 4.98 Å². The lowest BCUT2D eigenvalue weighted by Crippen LogP contribution is -1.88. The zero-order chi connectivity index (χ0) is 8.97. The zero-order valence-corrected chi connectivity index (χ0v) is 6.69. The maximum Gasteiger partial charge on any atom is 0.328 e. The van der Waals surface area contributed by atoms with Crippen molar-refractivity contribution in [3.05, 3.63) is 35.7 Å². The molecule has 0 aromatic carbocycles. The van der Waals surface area contributed by atoms with Crippen molar-refractivity contribution in [3.8, 4) is 0 Å². The lowest BCUT2D eigenvalue weighted by molar-refractivity contribution is -0.131. The summed E-state index contributed by atoms with van der Waals surface area (Å²) >= 11 is 0. The average molecular weight is 163 g/mol. The van der Waals surface area contributed by atoms with Gasteiger partial charge in [0.25, 0.3) is 0 Å². The summed E-state index contributed by atoms with van der Waals surface area (Å²) in [7, 11) is 0. The van der Waals surface area contributed by atoms with Crippen LogP contribution in [0, 0.1) is 6.92 Å². The molecule has 0 saturated heterocycles. The number of carboxylic acid groups (broad SMARTS) is 1. The van der Waals surface area contributed by atoms with Gasteiger partial charge < -0.3 is 5.11 Å². The minimum atomic E-state index is -0.958. The number of aromatic nitrogens is 1. The quantitative estimate of drug-likeness (QED) is 0.672. The summed E-state index contributed by atoms with van der Waals surface area (Å²) in [5.74, 6) is -0.958. The van der Waals surface area contributed by atoms with Crippen molar-refractivity contribution in [2.45, 2.75) is 6.92 Å². The fraction of sp³-hybridized carbons (Fsp3) is 0.111. The van der Waals surface area contributed by atoms with Crippen LogP contribution >= 0.6 is 0 Å². The molecule has 0 aliphatic rings. The van der Waals surface area contributed by atoms with Gasteiger partial charge in [-0.05, 0) is 24.6 Å². The van der Waals surface area contributed by atoms with Crippen LogP contribution in [0.1, 0.15) is 11.3 Å². The highest BCUT2D eigenvalue weighted by Crippen LogP contribution is 2.04. The maximum absolute atomic E-state index is 10.2. The highest BCUT2D eigenvalue weighted by atomic mass is 16.4. The van der Waals surface area contributed by atoms with Gasteiger partial charge in [-0.2, -0.15) is 0 Å². The number of nitrogens with zero attached hydrogens (tertiary/aromatic N) is 1. The summed E-state index contributed by atoms with van der Waals surface area (Å²) in [5, 5.41) is 8.35. The first-order valence-corrected chi connectivity index (χ1v) is 3.53. The van der Waals surface area contributed by atoms with Gasteiger partial charge >= 0.3 is 5.97 Å². The summed E-state index contributed by atoms with van der Waals surface area (Å²) in [5.41, 5.74) is 1.66. The highest BCUT2D eigenvalue weighted by molar-refractivity contribution is 5.85. The van der Waals surface area contributed by atoms with Gasteiger partial charge in [0.05, 0.1) is 5.69 Å². The molecular weight excluding hydrogens is 154 g/mol. The number of rotatable bonds is 2. The van der Waals surface area contributed by atoms with E-state index in [4.69, 9.17) is 5.11 Å². The van der Waals surface area contributed by atoms with Gasteiger partial charge in [-0.1, -0.05) is 6.07 Å². The molecule has 1 aromatic rings. The third kappa shape index (κ3) is 2.20. The summed E-state index contributed by atoms with van der Waals surface area (Å²) < 4.78 is 0. The van der Waals surface area contributed by atoms with Crippen molar-refractivity contribution in [1.29, 1.82) is 0 Å². The Bertz CT molecular complexity index is 318. The summed E-state index contributed by atoms with van der Waals surface area (Å²) in [6, 6.07) is 3.70. The van der Waals surface area contributed by atoms with Crippen molar-refractivity contribution in [2.75, 3.05) is 0 Å². The third-order valence-electron chi connectivity index (χ3n) is 1.43. The fourth-order valence-corrected chi connectivity index (χ4v) is 0.823. The second-order valence-electron chi connectivity index (χ2n) is 2.38. The number of hydrogen-bond acceptors (Lipinski definition) is 2. The number of carboxylic acids is 1. The topological polar surface area (TPSA) is 50.2 Å². The Morgan fingerprint density at radius 1 is 1.67 bits per heavy atom. The molecule has 0 aliphatic carbocycles. The highest BCUT2D eigenvalue weighted by Gasteiger charge is 1.93. The van der Waals surface area contributed by atoms with E-state index in [0.717, 1.165) is 11.6 Å². The predicted molar refractivity (Wildman–Crippen MR) is 45.6 cm³/mol. The number of aryl methyl sites for hydroxylation is 1. The normalized spacial score (nSPS) is 10.4. The first-order chi connectivity index (χ1) is 5.70. The molecule has 0 saturated carbocycles. The lowest BCUT2D eigenvalue weighted by Gasteiger charge is -1.95. The van der Waals surface area contributed by atoms with E-state index in [-0.39, 0.29) is 0 Å². The van der Waals surface area contributed by atoms with Gasteiger partial charge in [0.2, 0.25) is 0 Å². The Hall–Kier alpha value is -1.64. The monoisotopic (exact) mass is 163 g/mol. The molecule has 0 unspecified atom stereocenters. The molecule has 0 bridgehead atoms. The number of hydrogen-bond donors (Lipinski definition) is 1. The van der Waals surface area contributed by atoms with Gasteiger partial charge in [0.1, 0.15) is 0 Å². The smallest absolute Gasteiger partial charge is 0.328 e. The van der Waals surface area contributed by atoms with Crippen LogP contribution in [0.5, 0.6) is 0 Å². The molecule has 0 atom stereocenters. The minimum Gasteiger partial charge on any atom is -0.478 e. The average Bonchev–Trinajstić information content (AvgIpc) is 2.03. The Labute approximate surface area is 70.4 Å². The van der Waals surface area contributed by atoms with E-state index < -0.39 is 5.97 Å². The van der Waals surface area contributed by atoms with Crippen LogP contribution in [0.2, 0.25) is 0 Å². The maximum atomic E-state index is 10.2. The first kappa shape index (κ1) is 8.46. The van der Waals surface area contributed by atoms with Crippen LogP contribution in [-0.2, 0) is 4.79 Å². The van der Waals surface area contributed by atoms with Crippen LogP contribution in [0.15, 0.2) is 24.4 Å². The molecule has 0 fully saturated rings. The molecule has 3 heteroatoms. The number of aliphatic carboxylic acids is 1. The zero-order valence-electron chi connectivity index (χ0n) is 6.69. The summed E-state index contributed by atoms with van der Waals surface area (Å²) in [6.07, 6.45) is 4.20. The van der Waals surface area contributed by atoms with Crippen LogP contribution in [0.3, 0.4) is 0 Å². The second-order valence-corrected chi connectivity index (χ2v) is 2.38. The van der Waals surface area contributed by atoms with E-state index in [1.807, 2.05) is 19.1 Å². The van der Waals surface area contributed by atoms with Crippen LogP contribution in [0.4, 0.5) is 0 Å². The van der Waals surface area contributed by atoms with Gasteiger partial charge in [-0.3, -0.25) is 4.98 Å².